The average Bonchev–Trinajstić information content (AvgIpc) is 3.00. The van der Waals surface area contributed by atoms with Crippen molar-refractivity contribution >= 4 is 21.4 Å². The van der Waals surface area contributed by atoms with Crippen LogP contribution in [0.1, 0.15) is 43.6 Å². The van der Waals surface area contributed by atoms with E-state index >= 15 is 0 Å². The van der Waals surface area contributed by atoms with Crippen LogP contribution in [0.5, 0.6) is 0 Å². The first-order chi connectivity index (χ1) is 9.94. The van der Waals surface area contributed by atoms with Crippen molar-refractivity contribution < 1.29 is 8.42 Å². The maximum Gasteiger partial charge on any atom is 0.241 e. The number of hydrogen-bond donors (Lipinski definition) is 2. The lowest BCUT2D eigenvalue weighted by Gasteiger charge is -2.13. The van der Waals surface area contributed by atoms with Crippen LogP contribution in [0, 0.1) is 18.8 Å². The van der Waals surface area contributed by atoms with Crippen LogP contribution in [0.3, 0.4) is 0 Å². The lowest BCUT2D eigenvalue weighted by Crippen LogP contribution is -2.30. The number of sulfonamides is 1. The summed E-state index contributed by atoms with van der Waals surface area (Å²) in [5.74, 6) is 1.22. The summed E-state index contributed by atoms with van der Waals surface area (Å²) in [5.41, 5.74) is 0.847. The van der Waals surface area contributed by atoms with Gasteiger partial charge in [-0.05, 0) is 49.1 Å². The standard InChI is InChI=1S/C15H26N2O2S2/c1-4-16-9-14-15(12(3)10-20-14)21(18,19)17-8-13-6-5-11(2)7-13/h10-11,13,16-17H,4-9H2,1-3H3. The van der Waals surface area contributed by atoms with Crippen LogP contribution >= 0.6 is 11.3 Å². The molecule has 1 fully saturated rings. The average molecular weight is 331 g/mol. The molecule has 4 nitrogen and oxygen atoms in total. The number of hydrogen-bond acceptors (Lipinski definition) is 4. The Hall–Kier alpha value is -0.430. The number of aryl methyl sites for hydroxylation is 1. The van der Waals surface area contributed by atoms with E-state index < -0.39 is 10.0 Å². The van der Waals surface area contributed by atoms with Gasteiger partial charge in [0.1, 0.15) is 4.90 Å². The predicted octanol–water partition coefficient (Wildman–Crippen LogP) is 2.88. The molecule has 0 spiro atoms. The quantitative estimate of drug-likeness (QED) is 0.808. The molecule has 0 bridgehead atoms. The monoisotopic (exact) mass is 330 g/mol. The minimum Gasteiger partial charge on any atom is -0.312 e. The molecule has 0 aromatic carbocycles. The van der Waals surface area contributed by atoms with Crippen molar-refractivity contribution in [3.05, 3.63) is 15.8 Å². The van der Waals surface area contributed by atoms with E-state index in [2.05, 4.69) is 17.0 Å². The second-order valence-electron chi connectivity index (χ2n) is 6.09. The molecule has 2 unspecified atom stereocenters. The largest absolute Gasteiger partial charge is 0.312 e. The van der Waals surface area contributed by atoms with Gasteiger partial charge in [-0.1, -0.05) is 20.3 Å². The van der Waals surface area contributed by atoms with Crippen LogP contribution in [-0.4, -0.2) is 21.5 Å². The van der Waals surface area contributed by atoms with Gasteiger partial charge in [0.15, 0.2) is 0 Å². The van der Waals surface area contributed by atoms with Crippen LogP contribution < -0.4 is 10.0 Å². The Morgan fingerprint density at radius 3 is 2.76 bits per heavy atom. The first-order valence-corrected chi connectivity index (χ1v) is 10.1. The Balaban J connectivity index is 2.06. The molecular formula is C15H26N2O2S2. The molecule has 1 aliphatic carbocycles. The highest BCUT2D eigenvalue weighted by molar-refractivity contribution is 7.89. The minimum atomic E-state index is -3.39. The summed E-state index contributed by atoms with van der Waals surface area (Å²) in [5, 5.41) is 5.14. The molecule has 2 N–H and O–H groups in total. The Kier molecular flexibility index (Phi) is 5.82. The summed E-state index contributed by atoms with van der Waals surface area (Å²) < 4.78 is 28.0. The Morgan fingerprint density at radius 1 is 1.38 bits per heavy atom. The topological polar surface area (TPSA) is 58.2 Å². The van der Waals surface area contributed by atoms with Crippen molar-refractivity contribution in [3.8, 4) is 0 Å². The fourth-order valence-electron chi connectivity index (χ4n) is 3.02. The van der Waals surface area contributed by atoms with E-state index in [-0.39, 0.29) is 0 Å². The van der Waals surface area contributed by atoms with Gasteiger partial charge in [0.05, 0.1) is 0 Å². The molecule has 2 atom stereocenters. The summed E-state index contributed by atoms with van der Waals surface area (Å²) in [4.78, 5) is 1.39. The Morgan fingerprint density at radius 2 is 2.14 bits per heavy atom. The van der Waals surface area contributed by atoms with Gasteiger partial charge in [0, 0.05) is 18.0 Å². The van der Waals surface area contributed by atoms with Crippen LogP contribution in [0.15, 0.2) is 10.3 Å². The van der Waals surface area contributed by atoms with Crippen LogP contribution in [0.4, 0.5) is 0 Å². The molecule has 1 aromatic rings. The fourth-order valence-corrected chi connectivity index (χ4v) is 5.91. The van der Waals surface area contributed by atoms with Gasteiger partial charge in [-0.2, -0.15) is 0 Å². The number of rotatable bonds is 7. The van der Waals surface area contributed by atoms with E-state index in [4.69, 9.17) is 0 Å². The predicted molar refractivity (Wildman–Crippen MR) is 88.1 cm³/mol. The lowest BCUT2D eigenvalue weighted by atomic mass is 10.1. The zero-order chi connectivity index (χ0) is 15.5. The third-order valence-corrected chi connectivity index (χ3v) is 7.05. The molecule has 6 heteroatoms. The van der Waals surface area contributed by atoms with Crippen LogP contribution in [0.25, 0.3) is 0 Å². The molecular weight excluding hydrogens is 304 g/mol. The summed E-state index contributed by atoms with van der Waals surface area (Å²) in [6.07, 6.45) is 3.49. The highest BCUT2D eigenvalue weighted by atomic mass is 32.2. The van der Waals surface area contributed by atoms with Gasteiger partial charge in [-0.3, -0.25) is 0 Å². The highest BCUT2D eigenvalue weighted by Crippen LogP contribution is 2.31. The molecule has 120 valence electrons. The SMILES string of the molecule is CCNCc1scc(C)c1S(=O)(=O)NCC1CCC(C)C1. The minimum absolute atomic E-state index is 0.486. The molecule has 0 saturated heterocycles. The maximum atomic E-state index is 12.6. The summed E-state index contributed by atoms with van der Waals surface area (Å²) in [6.45, 7) is 8.16. The second-order valence-corrected chi connectivity index (χ2v) is 8.76. The first-order valence-electron chi connectivity index (χ1n) is 7.71. The third kappa shape index (κ3) is 4.28. The van der Waals surface area contributed by atoms with E-state index in [1.165, 1.54) is 17.8 Å². The molecule has 1 aromatic heterocycles. The normalized spacial score (nSPS) is 22.8. The third-order valence-electron chi connectivity index (χ3n) is 4.16. The zero-order valence-corrected chi connectivity index (χ0v) is 14.7. The lowest BCUT2D eigenvalue weighted by molar-refractivity contribution is 0.498. The molecule has 0 amide bonds. The molecule has 21 heavy (non-hydrogen) atoms. The summed E-state index contributed by atoms with van der Waals surface area (Å²) in [7, 11) is -3.39. The van der Waals surface area contributed by atoms with Crippen molar-refractivity contribution in [1.29, 1.82) is 0 Å². The van der Waals surface area contributed by atoms with Gasteiger partial charge < -0.3 is 5.32 Å². The highest BCUT2D eigenvalue weighted by Gasteiger charge is 2.26. The van der Waals surface area contributed by atoms with Crippen molar-refractivity contribution in [2.24, 2.45) is 11.8 Å². The van der Waals surface area contributed by atoms with Crippen LogP contribution in [0.2, 0.25) is 0 Å². The summed E-state index contributed by atoms with van der Waals surface area (Å²) >= 11 is 1.52. The Labute approximate surface area is 132 Å². The second kappa shape index (κ2) is 7.22. The number of thiophene rings is 1. The van der Waals surface area contributed by atoms with E-state index in [1.807, 2.05) is 19.2 Å². The van der Waals surface area contributed by atoms with Gasteiger partial charge in [0.2, 0.25) is 10.0 Å². The molecule has 0 aliphatic heterocycles. The molecule has 2 rings (SSSR count). The first kappa shape index (κ1) is 16.9. The van der Waals surface area contributed by atoms with Crippen molar-refractivity contribution in [2.75, 3.05) is 13.1 Å². The van der Waals surface area contributed by atoms with Crippen molar-refractivity contribution in [1.82, 2.24) is 10.0 Å². The van der Waals surface area contributed by atoms with Gasteiger partial charge in [-0.15, -0.1) is 11.3 Å². The summed E-state index contributed by atoms with van der Waals surface area (Å²) in [6, 6.07) is 0. The van der Waals surface area contributed by atoms with Gasteiger partial charge in [-0.25, -0.2) is 13.1 Å². The molecule has 1 heterocycles. The van der Waals surface area contributed by atoms with Crippen LogP contribution in [-0.2, 0) is 16.6 Å². The maximum absolute atomic E-state index is 12.6. The molecule has 0 radical (unpaired) electrons. The van der Waals surface area contributed by atoms with Crippen molar-refractivity contribution in [2.45, 2.75) is 51.5 Å². The van der Waals surface area contributed by atoms with Gasteiger partial charge in [0.25, 0.3) is 0 Å². The van der Waals surface area contributed by atoms with E-state index in [0.717, 1.165) is 35.7 Å². The van der Waals surface area contributed by atoms with E-state index in [0.29, 0.717) is 23.9 Å². The Bertz CT molecular complexity index is 566. The smallest absolute Gasteiger partial charge is 0.241 e. The molecule has 1 saturated carbocycles. The van der Waals surface area contributed by atoms with Gasteiger partial charge >= 0.3 is 0 Å². The fraction of sp³-hybridized carbons (Fsp3) is 0.733. The van der Waals surface area contributed by atoms with Crippen molar-refractivity contribution in [3.63, 3.8) is 0 Å². The molecule has 1 aliphatic rings. The zero-order valence-electron chi connectivity index (χ0n) is 13.1. The number of nitrogens with one attached hydrogen (secondary N) is 2. The van der Waals surface area contributed by atoms with E-state index in [9.17, 15) is 8.42 Å². The van der Waals surface area contributed by atoms with E-state index in [1.54, 1.807) is 0 Å².